The zero-order chi connectivity index (χ0) is 18.8. The van der Waals surface area contributed by atoms with Crippen molar-refractivity contribution in [1.82, 2.24) is 9.80 Å². The van der Waals surface area contributed by atoms with Gasteiger partial charge in [-0.1, -0.05) is 12.1 Å². The van der Waals surface area contributed by atoms with Crippen LogP contribution in [0.2, 0.25) is 0 Å². The Hall–Kier alpha value is -2.37. The highest BCUT2D eigenvalue weighted by Crippen LogP contribution is 2.66. The number of Topliss-reactive ketones (excluding diaryl/α,β-unsaturated/α-hetero) is 1. The number of hydrogen-bond donors (Lipinski definition) is 0. The third-order valence-electron chi connectivity index (χ3n) is 6.96. The number of benzene rings is 1. The van der Waals surface area contributed by atoms with Gasteiger partial charge < -0.3 is 14.5 Å². The Morgan fingerprint density at radius 3 is 2.56 bits per heavy atom. The highest BCUT2D eigenvalue weighted by Gasteiger charge is 2.71. The number of hydrogen-bond acceptors (Lipinski definition) is 4. The number of amides is 2. The summed E-state index contributed by atoms with van der Waals surface area (Å²) in [5.41, 5.74) is 0.160. The predicted octanol–water partition coefficient (Wildman–Crippen LogP) is 1.74. The van der Waals surface area contributed by atoms with Gasteiger partial charge in [0.05, 0.1) is 12.0 Å². The maximum absolute atomic E-state index is 13.1. The van der Waals surface area contributed by atoms with Gasteiger partial charge in [0.15, 0.2) is 5.78 Å². The van der Waals surface area contributed by atoms with E-state index >= 15 is 0 Å². The van der Waals surface area contributed by atoms with Crippen LogP contribution in [0, 0.1) is 17.8 Å². The van der Waals surface area contributed by atoms with Crippen LogP contribution in [0.5, 0.6) is 5.75 Å². The Balaban J connectivity index is 1.31. The molecule has 0 aromatic heterocycles. The zero-order valence-corrected chi connectivity index (χ0v) is 15.5. The Morgan fingerprint density at radius 2 is 1.81 bits per heavy atom. The summed E-state index contributed by atoms with van der Waals surface area (Å²) < 4.78 is 6.38. The summed E-state index contributed by atoms with van der Waals surface area (Å²) in [5.74, 6) is 1.50. The highest BCUT2D eigenvalue weighted by atomic mass is 16.5. The normalized spacial score (nSPS) is 34.1. The minimum atomic E-state index is -0.502. The van der Waals surface area contributed by atoms with E-state index in [1.54, 1.807) is 11.8 Å². The fourth-order valence-corrected chi connectivity index (χ4v) is 5.55. The molecule has 2 amide bonds. The van der Waals surface area contributed by atoms with Gasteiger partial charge in [0.25, 0.3) is 0 Å². The maximum atomic E-state index is 13.1. The van der Waals surface area contributed by atoms with Crippen LogP contribution in [0.1, 0.15) is 36.5 Å². The highest BCUT2D eigenvalue weighted by molar-refractivity contribution is 6.00. The van der Waals surface area contributed by atoms with Crippen LogP contribution in [0.25, 0.3) is 0 Å². The monoisotopic (exact) mass is 368 g/mol. The van der Waals surface area contributed by atoms with Crippen LogP contribution >= 0.6 is 0 Å². The summed E-state index contributed by atoms with van der Waals surface area (Å²) in [6.07, 6.45) is 2.18. The van der Waals surface area contributed by atoms with E-state index in [1.807, 2.05) is 29.2 Å². The molecule has 1 saturated heterocycles. The molecule has 2 saturated carbocycles. The number of piperazine rings is 1. The summed E-state index contributed by atoms with van der Waals surface area (Å²) in [7, 11) is 0. The van der Waals surface area contributed by atoms with Crippen molar-refractivity contribution in [2.24, 2.45) is 17.8 Å². The van der Waals surface area contributed by atoms with E-state index in [1.165, 1.54) is 0 Å². The molecule has 0 N–H and O–H groups in total. The first kappa shape index (κ1) is 16.8. The van der Waals surface area contributed by atoms with Crippen LogP contribution in [-0.2, 0) is 9.59 Å². The summed E-state index contributed by atoms with van der Waals surface area (Å²) in [5, 5.41) is 0. The SMILES string of the molecule is CC(=O)N1CCN(C(=O)C2C3CCC4(CC(=O)c5ccccc5O4)C32)CC1. The molecule has 6 nitrogen and oxygen atoms in total. The van der Waals surface area contributed by atoms with Crippen molar-refractivity contribution in [3.05, 3.63) is 29.8 Å². The molecule has 1 spiro atoms. The lowest BCUT2D eigenvalue weighted by Gasteiger charge is -2.38. The molecular formula is C21H24N2O4. The van der Waals surface area contributed by atoms with E-state index in [0.29, 0.717) is 49.8 Å². The van der Waals surface area contributed by atoms with Gasteiger partial charge in [0.1, 0.15) is 11.4 Å². The average molecular weight is 368 g/mol. The lowest BCUT2D eigenvalue weighted by Crippen LogP contribution is -2.51. The van der Waals surface area contributed by atoms with Crippen molar-refractivity contribution < 1.29 is 19.1 Å². The van der Waals surface area contributed by atoms with Crippen LogP contribution in [0.3, 0.4) is 0 Å². The molecule has 5 rings (SSSR count). The molecule has 1 aromatic rings. The van der Waals surface area contributed by atoms with E-state index in [2.05, 4.69) is 0 Å². The lowest BCUT2D eigenvalue weighted by molar-refractivity contribution is -0.140. The van der Waals surface area contributed by atoms with Crippen molar-refractivity contribution in [3.63, 3.8) is 0 Å². The molecular weight excluding hydrogens is 344 g/mol. The van der Waals surface area contributed by atoms with Crippen LogP contribution in [-0.4, -0.2) is 59.2 Å². The third kappa shape index (κ3) is 2.49. The number of carbonyl (C=O) groups excluding carboxylic acids is 3. The molecule has 0 bridgehead atoms. The first-order chi connectivity index (χ1) is 13.0. The first-order valence-corrected chi connectivity index (χ1v) is 9.86. The fraction of sp³-hybridized carbons (Fsp3) is 0.571. The standard InChI is InChI=1S/C21H24N2O4/c1-13(24)22-8-10-23(11-9-22)20(26)18-15-6-7-21(19(15)18)12-16(25)14-4-2-3-5-17(14)27-21/h2-5,15,18-19H,6-12H2,1H3. The van der Waals surface area contributed by atoms with Crippen LogP contribution in [0.15, 0.2) is 24.3 Å². The van der Waals surface area contributed by atoms with E-state index in [9.17, 15) is 14.4 Å². The van der Waals surface area contributed by atoms with Gasteiger partial charge >= 0.3 is 0 Å². The second-order valence-corrected chi connectivity index (χ2v) is 8.35. The van der Waals surface area contributed by atoms with Gasteiger partial charge in [0.2, 0.25) is 11.8 Å². The number of para-hydroxylation sites is 1. The van der Waals surface area contributed by atoms with E-state index in [0.717, 1.165) is 12.8 Å². The molecule has 27 heavy (non-hydrogen) atoms. The number of fused-ring (bicyclic) bond motifs is 3. The molecule has 6 heteroatoms. The quantitative estimate of drug-likeness (QED) is 0.757. The molecule has 2 aliphatic carbocycles. The van der Waals surface area contributed by atoms with Gasteiger partial charge in [-0.25, -0.2) is 0 Å². The Kier molecular flexibility index (Phi) is 3.61. The molecule has 4 aliphatic rings. The second kappa shape index (κ2) is 5.81. The lowest BCUT2D eigenvalue weighted by atomic mass is 9.84. The van der Waals surface area contributed by atoms with Gasteiger partial charge in [-0.2, -0.15) is 0 Å². The third-order valence-corrected chi connectivity index (χ3v) is 6.96. The molecule has 2 aliphatic heterocycles. The van der Waals surface area contributed by atoms with Gasteiger partial charge in [-0.05, 0) is 30.9 Å². The second-order valence-electron chi connectivity index (χ2n) is 8.35. The molecule has 1 aromatic carbocycles. The Labute approximate surface area is 158 Å². The number of nitrogens with zero attached hydrogens (tertiary/aromatic N) is 2. The van der Waals surface area contributed by atoms with Crippen molar-refractivity contribution in [1.29, 1.82) is 0 Å². The largest absolute Gasteiger partial charge is 0.486 e. The topological polar surface area (TPSA) is 66.9 Å². The number of carbonyl (C=O) groups is 3. The Morgan fingerprint density at radius 1 is 1.11 bits per heavy atom. The minimum Gasteiger partial charge on any atom is -0.486 e. The zero-order valence-electron chi connectivity index (χ0n) is 15.5. The van der Waals surface area contributed by atoms with E-state index < -0.39 is 5.60 Å². The average Bonchev–Trinajstić information content (AvgIpc) is 3.32. The van der Waals surface area contributed by atoms with Crippen molar-refractivity contribution in [3.8, 4) is 5.75 Å². The molecule has 4 atom stereocenters. The number of ketones is 1. The maximum Gasteiger partial charge on any atom is 0.226 e. The van der Waals surface area contributed by atoms with Crippen molar-refractivity contribution in [2.45, 2.75) is 31.8 Å². The van der Waals surface area contributed by atoms with Gasteiger partial charge in [-0.15, -0.1) is 0 Å². The van der Waals surface area contributed by atoms with E-state index in [4.69, 9.17) is 4.74 Å². The molecule has 0 radical (unpaired) electrons. The summed E-state index contributed by atoms with van der Waals surface area (Å²) in [4.78, 5) is 40.9. The van der Waals surface area contributed by atoms with Gasteiger partial charge in [0, 0.05) is 44.9 Å². The number of ether oxygens (including phenoxy) is 1. The predicted molar refractivity (Wildman–Crippen MR) is 97.3 cm³/mol. The van der Waals surface area contributed by atoms with Gasteiger partial charge in [-0.3, -0.25) is 14.4 Å². The van der Waals surface area contributed by atoms with Crippen LogP contribution in [0.4, 0.5) is 0 Å². The van der Waals surface area contributed by atoms with Crippen molar-refractivity contribution >= 4 is 17.6 Å². The summed E-state index contributed by atoms with van der Waals surface area (Å²) in [6, 6.07) is 7.43. The molecule has 3 fully saturated rings. The smallest absolute Gasteiger partial charge is 0.226 e. The molecule has 142 valence electrons. The summed E-state index contributed by atoms with van der Waals surface area (Å²) in [6.45, 7) is 3.99. The Bertz CT molecular complexity index is 829. The number of rotatable bonds is 1. The molecule has 4 unspecified atom stereocenters. The fourth-order valence-electron chi connectivity index (χ4n) is 5.55. The summed E-state index contributed by atoms with van der Waals surface area (Å²) >= 11 is 0. The van der Waals surface area contributed by atoms with Crippen LogP contribution < -0.4 is 4.74 Å². The van der Waals surface area contributed by atoms with Crippen molar-refractivity contribution in [2.75, 3.05) is 26.2 Å². The first-order valence-electron chi connectivity index (χ1n) is 9.86. The van der Waals surface area contributed by atoms with E-state index in [-0.39, 0.29) is 29.4 Å². The minimum absolute atomic E-state index is 0.0271. The molecule has 2 heterocycles.